The van der Waals surface area contributed by atoms with Gasteiger partial charge in [0.1, 0.15) is 17.4 Å². The van der Waals surface area contributed by atoms with Crippen molar-refractivity contribution in [1.82, 2.24) is 8.97 Å². The van der Waals surface area contributed by atoms with Gasteiger partial charge in [-0.3, -0.25) is 9.20 Å². The molecule has 0 bridgehead atoms. The lowest BCUT2D eigenvalue weighted by Crippen LogP contribution is -2.10. The molecule has 0 aliphatic heterocycles. The van der Waals surface area contributed by atoms with E-state index in [0.717, 1.165) is 33.4 Å². The first-order valence-electron chi connectivity index (χ1n) is 13.2. The van der Waals surface area contributed by atoms with Gasteiger partial charge in [-0.1, -0.05) is 118 Å². The third-order valence-corrected chi connectivity index (χ3v) is 7.40. The van der Waals surface area contributed by atoms with Crippen LogP contribution in [0, 0.1) is 11.3 Å². The topological polar surface area (TPSA) is 50.2 Å². The van der Waals surface area contributed by atoms with E-state index in [-0.39, 0.29) is 11.2 Å². The molecular formula is C35H29N3O. The van der Waals surface area contributed by atoms with E-state index in [1.807, 2.05) is 71.1 Å². The Balaban J connectivity index is 1.73. The first-order valence-corrected chi connectivity index (χ1v) is 13.2. The van der Waals surface area contributed by atoms with Crippen LogP contribution in [-0.2, 0) is 12.0 Å². The van der Waals surface area contributed by atoms with Crippen LogP contribution in [0.4, 0.5) is 0 Å². The Bertz CT molecular complexity index is 1860. The van der Waals surface area contributed by atoms with Gasteiger partial charge in [-0.05, 0) is 34.2 Å². The van der Waals surface area contributed by atoms with Crippen LogP contribution in [0.2, 0.25) is 0 Å². The zero-order chi connectivity index (χ0) is 27.1. The molecule has 4 heteroatoms. The summed E-state index contributed by atoms with van der Waals surface area (Å²) in [6.45, 7) is 7.17. The fraction of sp³-hybridized carbons (Fsp3) is 0.143. The summed E-state index contributed by atoms with van der Waals surface area (Å²) in [6.07, 6.45) is 0. The summed E-state index contributed by atoms with van der Waals surface area (Å²) in [6, 6.07) is 38.5. The third kappa shape index (κ3) is 4.13. The Morgan fingerprint density at radius 3 is 1.97 bits per heavy atom. The number of hydrogen-bond acceptors (Lipinski definition) is 2. The van der Waals surface area contributed by atoms with E-state index in [2.05, 4.69) is 73.9 Å². The number of para-hydroxylation sites is 2. The van der Waals surface area contributed by atoms with E-state index in [9.17, 15) is 10.1 Å². The van der Waals surface area contributed by atoms with Gasteiger partial charge >= 0.3 is 0 Å². The van der Waals surface area contributed by atoms with Gasteiger partial charge in [0.25, 0.3) is 0 Å². The summed E-state index contributed by atoms with van der Waals surface area (Å²) < 4.78 is 4.24. The molecule has 0 atom stereocenters. The largest absolute Gasteiger partial charge is 0.321 e. The minimum atomic E-state index is -0.165. The zero-order valence-electron chi connectivity index (χ0n) is 22.3. The third-order valence-electron chi connectivity index (χ3n) is 7.40. The van der Waals surface area contributed by atoms with Crippen molar-refractivity contribution in [2.75, 3.05) is 0 Å². The Labute approximate surface area is 228 Å². The van der Waals surface area contributed by atoms with Gasteiger partial charge in [0, 0.05) is 17.7 Å². The highest BCUT2D eigenvalue weighted by Gasteiger charge is 2.30. The number of nitriles is 1. The number of carbonyl (C=O) groups excluding carboxylic acids is 1. The van der Waals surface area contributed by atoms with Crippen molar-refractivity contribution in [2.24, 2.45) is 0 Å². The molecule has 0 aliphatic carbocycles. The molecule has 2 aromatic heterocycles. The van der Waals surface area contributed by atoms with Crippen molar-refractivity contribution in [2.45, 2.75) is 32.7 Å². The average molecular weight is 508 g/mol. The SMILES string of the molecule is CC(C)(C)c1ccc(-c2c(C#N)c(C(=O)c3ccccc3)n3c4ccccc4n(Cc4ccccc4)c23)cc1. The van der Waals surface area contributed by atoms with Crippen LogP contribution in [0.5, 0.6) is 0 Å². The molecule has 0 unspecified atom stereocenters. The predicted molar refractivity (Wildman–Crippen MR) is 157 cm³/mol. The standard InChI is InChI=1S/C35H29N3O/c1-35(2,3)27-20-18-25(19-21-27)31-28(22-36)32(33(39)26-14-8-5-9-15-26)38-30-17-11-10-16-29(30)37(34(31)38)23-24-12-6-4-7-13-24/h4-21H,23H2,1-3H3. The summed E-state index contributed by atoms with van der Waals surface area (Å²) in [5.74, 6) is -0.165. The van der Waals surface area contributed by atoms with E-state index in [4.69, 9.17) is 0 Å². The molecule has 39 heavy (non-hydrogen) atoms. The first kappa shape index (κ1) is 24.5. The molecule has 0 aliphatic rings. The molecular weight excluding hydrogens is 478 g/mol. The van der Waals surface area contributed by atoms with Gasteiger partial charge in [0.15, 0.2) is 0 Å². The highest BCUT2D eigenvalue weighted by Crippen LogP contribution is 2.39. The monoisotopic (exact) mass is 507 g/mol. The minimum Gasteiger partial charge on any atom is -0.321 e. The highest BCUT2D eigenvalue weighted by atomic mass is 16.1. The lowest BCUT2D eigenvalue weighted by molar-refractivity contribution is 0.103. The number of benzene rings is 4. The average Bonchev–Trinajstić information content (AvgIpc) is 3.46. The Morgan fingerprint density at radius 2 is 1.36 bits per heavy atom. The minimum absolute atomic E-state index is 0.00330. The van der Waals surface area contributed by atoms with Gasteiger partial charge in [-0.15, -0.1) is 0 Å². The molecule has 4 nitrogen and oxygen atoms in total. The smallest absolute Gasteiger partial charge is 0.211 e. The summed E-state index contributed by atoms with van der Waals surface area (Å²) in [5, 5.41) is 10.6. The van der Waals surface area contributed by atoms with Crippen LogP contribution in [0.15, 0.2) is 109 Å². The highest BCUT2D eigenvalue weighted by molar-refractivity contribution is 6.13. The summed E-state index contributed by atoms with van der Waals surface area (Å²) >= 11 is 0. The van der Waals surface area contributed by atoms with Crippen molar-refractivity contribution >= 4 is 22.5 Å². The molecule has 0 fully saturated rings. The van der Waals surface area contributed by atoms with Gasteiger partial charge in [-0.2, -0.15) is 5.26 Å². The van der Waals surface area contributed by atoms with Crippen LogP contribution >= 0.6 is 0 Å². The number of carbonyl (C=O) groups is 1. The van der Waals surface area contributed by atoms with Crippen LogP contribution in [0.25, 0.3) is 27.8 Å². The molecule has 0 saturated heterocycles. The first-order chi connectivity index (χ1) is 18.9. The van der Waals surface area contributed by atoms with Gasteiger partial charge in [-0.25, -0.2) is 0 Å². The van der Waals surface area contributed by atoms with Crippen molar-refractivity contribution in [3.05, 3.63) is 137 Å². The normalized spacial score (nSPS) is 11.6. The van der Waals surface area contributed by atoms with Crippen molar-refractivity contribution in [3.63, 3.8) is 0 Å². The van der Waals surface area contributed by atoms with Gasteiger partial charge < -0.3 is 4.57 Å². The van der Waals surface area contributed by atoms with E-state index in [0.29, 0.717) is 23.4 Å². The molecule has 0 spiro atoms. The maximum Gasteiger partial charge on any atom is 0.211 e. The number of aromatic nitrogens is 2. The summed E-state index contributed by atoms with van der Waals surface area (Å²) in [7, 11) is 0. The molecule has 0 radical (unpaired) electrons. The molecule has 2 heterocycles. The lowest BCUT2D eigenvalue weighted by Gasteiger charge is -2.19. The molecule has 0 N–H and O–H groups in total. The van der Waals surface area contributed by atoms with Crippen molar-refractivity contribution in [1.29, 1.82) is 5.26 Å². The van der Waals surface area contributed by atoms with Gasteiger partial charge in [0.2, 0.25) is 5.78 Å². The van der Waals surface area contributed by atoms with Crippen molar-refractivity contribution < 1.29 is 4.79 Å². The van der Waals surface area contributed by atoms with Crippen LogP contribution < -0.4 is 0 Å². The number of rotatable bonds is 5. The second-order valence-corrected chi connectivity index (χ2v) is 11.0. The molecule has 6 rings (SSSR count). The van der Waals surface area contributed by atoms with Crippen LogP contribution in [-0.4, -0.2) is 14.8 Å². The molecule has 0 saturated carbocycles. The summed E-state index contributed by atoms with van der Waals surface area (Å²) in [4.78, 5) is 14.1. The van der Waals surface area contributed by atoms with E-state index in [1.165, 1.54) is 5.56 Å². The maximum atomic E-state index is 14.1. The molecule has 190 valence electrons. The lowest BCUT2D eigenvalue weighted by atomic mass is 9.86. The second kappa shape index (κ2) is 9.45. The fourth-order valence-electron chi connectivity index (χ4n) is 5.43. The second-order valence-electron chi connectivity index (χ2n) is 11.0. The predicted octanol–water partition coefficient (Wildman–Crippen LogP) is 8.01. The Morgan fingerprint density at radius 1 is 0.769 bits per heavy atom. The fourth-order valence-corrected chi connectivity index (χ4v) is 5.43. The number of fused-ring (bicyclic) bond motifs is 3. The van der Waals surface area contributed by atoms with Crippen LogP contribution in [0.1, 0.15) is 53.5 Å². The quantitative estimate of drug-likeness (QED) is 0.222. The number of imidazole rings is 1. The number of hydrogen-bond donors (Lipinski definition) is 0. The van der Waals surface area contributed by atoms with Gasteiger partial charge in [0.05, 0.1) is 16.6 Å². The maximum absolute atomic E-state index is 14.1. The van der Waals surface area contributed by atoms with E-state index in [1.54, 1.807) is 0 Å². The Hall–Kier alpha value is -4.88. The van der Waals surface area contributed by atoms with E-state index < -0.39 is 0 Å². The van der Waals surface area contributed by atoms with Crippen LogP contribution in [0.3, 0.4) is 0 Å². The zero-order valence-corrected chi connectivity index (χ0v) is 22.3. The number of ketones is 1. The summed E-state index contributed by atoms with van der Waals surface area (Å²) in [5.41, 5.74) is 8.17. The molecule has 4 aromatic carbocycles. The van der Waals surface area contributed by atoms with Crippen molar-refractivity contribution in [3.8, 4) is 17.2 Å². The molecule has 6 aromatic rings. The van der Waals surface area contributed by atoms with E-state index >= 15 is 0 Å². The number of nitrogens with zero attached hydrogens (tertiary/aromatic N) is 3. The molecule has 0 amide bonds. The Kier molecular flexibility index (Phi) is 5.93.